The maximum Gasteiger partial charge on any atom is 0.126 e. The lowest BCUT2D eigenvalue weighted by molar-refractivity contribution is 0.597. The number of alkyl halides is 1. The topological polar surface area (TPSA) is 0 Å². The summed E-state index contributed by atoms with van der Waals surface area (Å²) in [6.45, 7) is 8.11. The summed E-state index contributed by atoms with van der Waals surface area (Å²) < 4.78 is 14.0. The van der Waals surface area contributed by atoms with Crippen molar-refractivity contribution in [1.29, 1.82) is 0 Å². The summed E-state index contributed by atoms with van der Waals surface area (Å²) >= 11 is 3.55. The van der Waals surface area contributed by atoms with Crippen LogP contribution in [0.1, 0.15) is 42.0 Å². The number of benzene rings is 2. The molecular formula is C18H20BrF. The van der Waals surface area contributed by atoms with Crippen LogP contribution >= 0.6 is 15.9 Å². The van der Waals surface area contributed by atoms with Crippen LogP contribution in [0.3, 0.4) is 0 Å². The van der Waals surface area contributed by atoms with E-state index in [0.29, 0.717) is 0 Å². The van der Waals surface area contributed by atoms with E-state index in [-0.39, 0.29) is 11.7 Å². The molecule has 20 heavy (non-hydrogen) atoms. The van der Waals surface area contributed by atoms with Gasteiger partial charge in [0.15, 0.2) is 0 Å². The van der Waals surface area contributed by atoms with Crippen molar-refractivity contribution in [2.24, 2.45) is 0 Å². The first-order valence-electron chi connectivity index (χ1n) is 6.90. The van der Waals surface area contributed by atoms with Crippen LogP contribution < -0.4 is 0 Å². The van der Waals surface area contributed by atoms with Gasteiger partial charge in [0.1, 0.15) is 5.82 Å². The van der Waals surface area contributed by atoms with Crippen LogP contribution in [-0.2, 0) is 5.33 Å². The van der Waals surface area contributed by atoms with E-state index in [1.807, 2.05) is 26.8 Å². The summed E-state index contributed by atoms with van der Waals surface area (Å²) in [6, 6.07) is 10.1. The monoisotopic (exact) mass is 334 g/mol. The maximum absolute atomic E-state index is 14.0. The molecule has 2 aromatic rings. The van der Waals surface area contributed by atoms with E-state index in [0.717, 1.165) is 22.0 Å². The van der Waals surface area contributed by atoms with Gasteiger partial charge in [-0.3, -0.25) is 0 Å². The Kier molecular flexibility index (Phi) is 4.64. The second kappa shape index (κ2) is 6.09. The Morgan fingerprint density at radius 2 is 1.75 bits per heavy atom. The Morgan fingerprint density at radius 1 is 1.05 bits per heavy atom. The standard InChI is InChI=1S/C18H20BrF/c1-11(2)16-9-17(13(4)8-18(16)20)15-6-5-12(3)7-14(15)10-19/h5-9,11H,10H2,1-4H3. The van der Waals surface area contributed by atoms with E-state index < -0.39 is 0 Å². The van der Waals surface area contributed by atoms with Crippen molar-refractivity contribution in [2.75, 3.05) is 0 Å². The highest BCUT2D eigenvalue weighted by molar-refractivity contribution is 9.08. The molecular weight excluding hydrogens is 315 g/mol. The van der Waals surface area contributed by atoms with E-state index in [1.165, 1.54) is 16.7 Å². The van der Waals surface area contributed by atoms with Crippen molar-refractivity contribution < 1.29 is 4.39 Å². The Hall–Kier alpha value is -1.15. The van der Waals surface area contributed by atoms with Crippen LogP contribution in [-0.4, -0.2) is 0 Å². The minimum atomic E-state index is -0.103. The van der Waals surface area contributed by atoms with Crippen LogP contribution in [0, 0.1) is 19.7 Å². The fourth-order valence-electron chi connectivity index (χ4n) is 2.52. The molecule has 106 valence electrons. The van der Waals surface area contributed by atoms with Gasteiger partial charge >= 0.3 is 0 Å². The Balaban J connectivity index is 2.66. The average Bonchev–Trinajstić information content (AvgIpc) is 2.39. The highest BCUT2D eigenvalue weighted by Gasteiger charge is 2.13. The third kappa shape index (κ3) is 2.95. The predicted octanol–water partition coefficient (Wildman–Crippen LogP) is 6.13. The van der Waals surface area contributed by atoms with Crippen LogP contribution in [0.4, 0.5) is 4.39 Å². The van der Waals surface area contributed by atoms with Gasteiger partial charge in [-0.25, -0.2) is 4.39 Å². The summed E-state index contributed by atoms with van der Waals surface area (Å²) in [7, 11) is 0. The number of hydrogen-bond acceptors (Lipinski definition) is 0. The van der Waals surface area contributed by atoms with E-state index in [2.05, 4.69) is 41.1 Å². The van der Waals surface area contributed by atoms with E-state index >= 15 is 0 Å². The molecule has 0 heterocycles. The molecule has 0 bridgehead atoms. The van der Waals surface area contributed by atoms with E-state index in [9.17, 15) is 4.39 Å². The molecule has 0 spiro atoms. The zero-order valence-electron chi connectivity index (χ0n) is 12.4. The number of halogens is 2. The van der Waals surface area contributed by atoms with Gasteiger partial charge in [-0.15, -0.1) is 0 Å². The fraction of sp³-hybridized carbons (Fsp3) is 0.333. The Bertz CT molecular complexity index is 630. The smallest absolute Gasteiger partial charge is 0.126 e. The molecule has 0 aliphatic carbocycles. The van der Waals surface area contributed by atoms with Crippen molar-refractivity contribution in [3.63, 3.8) is 0 Å². The summed E-state index contributed by atoms with van der Waals surface area (Å²) in [5.41, 5.74) is 6.57. The first-order valence-corrected chi connectivity index (χ1v) is 8.02. The van der Waals surface area contributed by atoms with Gasteiger partial charge in [0.05, 0.1) is 0 Å². The molecule has 0 nitrogen and oxygen atoms in total. The maximum atomic E-state index is 14.0. The van der Waals surface area contributed by atoms with Gasteiger partial charge < -0.3 is 0 Å². The molecule has 2 aromatic carbocycles. The number of hydrogen-bond donors (Lipinski definition) is 0. The normalized spacial score (nSPS) is 11.2. The highest BCUT2D eigenvalue weighted by atomic mass is 79.9. The van der Waals surface area contributed by atoms with Gasteiger partial charge in [-0.05, 0) is 59.7 Å². The molecule has 0 fully saturated rings. The average molecular weight is 335 g/mol. The molecule has 0 aliphatic heterocycles. The molecule has 0 aromatic heterocycles. The lowest BCUT2D eigenvalue weighted by Crippen LogP contribution is -1.98. The van der Waals surface area contributed by atoms with Crippen LogP contribution in [0.5, 0.6) is 0 Å². The van der Waals surface area contributed by atoms with Crippen LogP contribution in [0.25, 0.3) is 11.1 Å². The quantitative estimate of drug-likeness (QED) is 0.592. The first-order chi connectivity index (χ1) is 9.43. The third-order valence-corrected chi connectivity index (χ3v) is 4.26. The second-order valence-electron chi connectivity index (χ2n) is 5.64. The lowest BCUT2D eigenvalue weighted by atomic mass is 9.91. The number of rotatable bonds is 3. The summed E-state index contributed by atoms with van der Waals surface area (Å²) in [5.74, 6) is 0.0842. The zero-order valence-corrected chi connectivity index (χ0v) is 14.0. The lowest BCUT2D eigenvalue weighted by Gasteiger charge is -2.15. The Morgan fingerprint density at radius 3 is 2.35 bits per heavy atom. The molecule has 0 unspecified atom stereocenters. The second-order valence-corrected chi connectivity index (χ2v) is 6.20. The van der Waals surface area contributed by atoms with Crippen molar-refractivity contribution in [1.82, 2.24) is 0 Å². The van der Waals surface area contributed by atoms with Crippen molar-refractivity contribution in [3.05, 3.63) is 58.4 Å². The molecule has 0 radical (unpaired) electrons. The van der Waals surface area contributed by atoms with E-state index in [4.69, 9.17) is 0 Å². The number of aryl methyl sites for hydroxylation is 2. The molecule has 0 atom stereocenters. The molecule has 0 amide bonds. The van der Waals surface area contributed by atoms with Gasteiger partial charge in [-0.1, -0.05) is 53.5 Å². The van der Waals surface area contributed by atoms with Gasteiger partial charge in [-0.2, -0.15) is 0 Å². The van der Waals surface area contributed by atoms with E-state index in [1.54, 1.807) is 6.07 Å². The first kappa shape index (κ1) is 15.2. The van der Waals surface area contributed by atoms with Crippen molar-refractivity contribution in [3.8, 4) is 11.1 Å². The molecule has 2 heteroatoms. The Labute approximate surface area is 129 Å². The van der Waals surface area contributed by atoms with Crippen molar-refractivity contribution >= 4 is 15.9 Å². The van der Waals surface area contributed by atoms with Crippen LogP contribution in [0.15, 0.2) is 30.3 Å². The fourth-order valence-corrected chi connectivity index (χ4v) is 2.98. The van der Waals surface area contributed by atoms with Crippen molar-refractivity contribution in [2.45, 2.75) is 38.9 Å². The third-order valence-electron chi connectivity index (χ3n) is 3.66. The van der Waals surface area contributed by atoms with Gasteiger partial charge in [0.25, 0.3) is 0 Å². The minimum Gasteiger partial charge on any atom is -0.207 e. The summed E-state index contributed by atoms with van der Waals surface area (Å²) in [4.78, 5) is 0. The molecule has 0 saturated carbocycles. The molecule has 0 saturated heterocycles. The molecule has 0 N–H and O–H groups in total. The largest absolute Gasteiger partial charge is 0.207 e. The predicted molar refractivity (Wildman–Crippen MR) is 88.0 cm³/mol. The summed E-state index contributed by atoms with van der Waals surface area (Å²) in [5, 5.41) is 0.803. The highest BCUT2D eigenvalue weighted by Crippen LogP contribution is 2.33. The van der Waals surface area contributed by atoms with Gasteiger partial charge in [0.2, 0.25) is 0 Å². The summed E-state index contributed by atoms with van der Waals surface area (Å²) in [6.07, 6.45) is 0. The van der Waals surface area contributed by atoms with Gasteiger partial charge in [0, 0.05) is 5.33 Å². The molecule has 0 aliphatic rings. The minimum absolute atomic E-state index is 0.103. The SMILES string of the molecule is Cc1ccc(-c2cc(C(C)C)c(F)cc2C)c(CBr)c1. The van der Waals surface area contributed by atoms with Crippen LogP contribution in [0.2, 0.25) is 0 Å². The zero-order chi connectivity index (χ0) is 14.9. The molecule has 2 rings (SSSR count).